The predicted molar refractivity (Wildman–Crippen MR) is 96.6 cm³/mol. The number of nitrogens with zero attached hydrogens (tertiary/aromatic N) is 1. The lowest BCUT2D eigenvalue weighted by molar-refractivity contribution is 0.289. The SMILES string of the molecule is CC(C)CCOc1ccc(Cn2sc3ccccc3c2=O)cc1. The summed E-state index contributed by atoms with van der Waals surface area (Å²) in [6.07, 6.45) is 1.05. The molecule has 0 aliphatic heterocycles. The molecule has 0 aliphatic rings. The van der Waals surface area contributed by atoms with Gasteiger partial charge in [0.2, 0.25) is 0 Å². The van der Waals surface area contributed by atoms with E-state index in [1.165, 1.54) is 11.5 Å². The fourth-order valence-electron chi connectivity index (χ4n) is 2.39. The van der Waals surface area contributed by atoms with Gasteiger partial charge in [-0.3, -0.25) is 8.75 Å². The number of rotatable bonds is 6. The molecule has 0 saturated carbocycles. The summed E-state index contributed by atoms with van der Waals surface area (Å²) in [7, 11) is 0. The molecule has 0 atom stereocenters. The Morgan fingerprint density at radius 2 is 1.83 bits per heavy atom. The van der Waals surface area contributed by atoms with Crippen LogP contribution < -0.4 is 10.3 Å². The Hall–Kier alpha value is -2.07. The van der Waals surface area contributed by atoms with Crippen molar-refractivity contribution in [2.45, 2.75) is 26.8 Å². The molecule has 0 unspecified atom stereocenters. The lowest BCUT2D eigenvalue weighted by atomic mass is 10.1. The van der Waals surface area contributed by atoms with E-state index in [1.807, 2.05) is 48.5 Å². The van der Waals surface area contributed by atoms with Crippen molar-refractivity contribution in [3.63, 3.8) is 0 Å². The molecule has 120 valence electrons. The average Bonchev–Trinajstić information content (AvgIpc) is 2.85. The summed E-state index contributed by atoms with van der Waals surface area (Å²) in [5.74, 6) is 1.53. The summed E-state index contributed by atoms with van der Waals surface area (Å²) < 4.78 is 8.57. The van der Waals surface area contributed by atoms with Crippen LogP contribution in [0.25, 0.3) is 10.1 Å². The molecule has 0 fully saturated rings. The summed E-state index contributed by atoms with van der Waals surface area (Å²) in [6.45, 7) is 5.72. The van der Waals surface area contributed by atoms with Crippen molar-refractivity contribution in [3.05, 3.63) is 64.4 Å². The van der Waals surface area contributed by atoms with E-state index in [4.69, 9.17) is 4.74 Å². The van der Waals surface area contributed by atoms with E-state index in [-0.39, 0.29) is 5.56 Å². The van der Waals surface area contributed by atoms with Gasteiger partial charge in [0.15, 0.2) is 0 Å². The molecule has 3 aromatic rings. The predicted octanol–water partition coefficient (Wildman–Crippen LogP) is 4.54. The van der Waals surface area contributed by atoms with Gasteiger partial charge in [-0.1, -0.05) is 49.6 Å². The molecule has 0 radical (unpaired) electrons. The second kappa shape index (κ2) is 7.01. The third-order valence-corrected chi connectivity index (χ3v) is 4.83. The smallest absolute Gasteiger partial charge is 0.268 e. The van der Waals surface area contributed by atoms with E-state index in [2.05, 4.69) is 13.8 Å². The first kappa shape index (κ1) is 15.8. The highest BCUT2D eigenvalue weighted by atomic mass is 32.1. The van der Waals surface area contributed by atoms with Gasteiger partial charge in [-0.2, -0.15) is 0 Å². The highest BCUT2D eigenvalue weighted by Crippen LogP contribution is 2.18. The summed E-state index contributed by atoms with van der Waals surface area (Å²) in [4.78, 5) is 12.4. The van der Waals surface area contributed by atoms with E-state index in [0.717, 1.165) is 34.4 Å². The van der Waals surface area contributed by atoms with Crippen LogP contribution in [-0.2, 0) is 6.54 Å². The molecule has 1 heterocycles. The fraction of sp³-hybridized carbons (Fsp3) is 0.316. The minimum absolute atomic E-state index is 0.0860. The number of ether oxygens (including phenoxy) is 1. The standard InChI is InChI=1S/C19H21NO2S/c1-14(2)11-12-22-16-9-7-15(8-10-16)13-20-19(21)17-5-3-4-6-18(17)23-20/h3-10,14H,11-13H2,1-2H3. The number of aromatic nitrogens is 1. The zero-order chi connectivity index (χ0) is 16.2. The van der Waals surface area contributed by atoms with Gasteiger partial charge in [0.25, 0.3) is 5.56 Å². The van der Waals surface area contributed by atoms with Crippen molar-refractivity contribution < 1.29 is 4.74 Å². The van der Waals surface area contributed by atoms with Crippen molar-refractivity contribution in [3.8, 4) is 5.75 Å². The van der Waals surface area contributed by atoms with Crippen LogP contribution in [-0.4, -0.2) is 10.6 Å². The summed E-state index contributed by atoms with van der Waals surface area (Å²) >= 11 is 1.51. The van der Waals surface area contributed by atoms with E-state index >= 15 is 0 Å². The van der Waals surface area contributed by atoms with E-state index in [1.54, 1.807) is 3.96 Å². The van der Waals surface area contributed by atoms with Crippen molar-refractivity contribution in [2.24, 2.45) is 5.92 Å². The van der Waals surface area contributed by atoms with Crippen LogP contribution in [0.5, 0.6) is 5.75 Å². The number of fused-ring (bicyclic) bond motifs is 1. The largest absolute Gasteiger partial charge is 0.494 e. The van der Waals surface area contributed by atoms with Gasteiger partial charge in [0, 0.05) is 0 Å². The van der Waals surface area contributed by atoms with Crippen molar-refractivity contribution >= 4 is 21.6 Å². The molecule has 23 heavy (non-hydrogen) atoms. The molecule has 0 bridgehead atoms. The van der Waals surface area contributed by atoms with Crippen LogP contribution in [0.1, 0.15) is 25.8 Å². The Labute approximate surface area is 140 Å². The van der Waals surface area contributed by atoms with Crippen molar-refractivity contribution in [1.29, 1.82) is 0 Å². The molecular weight excluding hydrogens is 306 g/mol. The second-order valence-corrected chi connectivity index (χ2v) is 7.17. The van der Waals surface area contributed by atoms with Gasteiger partial charge in [0.1, 0.15) is 5.75 Å². The number of benzene rings is 2. The molecule has 0 spiro atoms. The molecule has 3 rings (SSSR count). The van der Waals surface area contributed by atoms with Gasteiger partial charge in [-0.25, -0.2) is 0 Å². The van der Waals surface area contributed by atoms with Crippen LogP contribution in [0.15, 0.2) is 53.3 Å². The van der Waals surface area contributed by atoms with Gasteiger partial charge in [-0.15, -0.1) is 0 Å². The van der Waals surface area contributed by atoms with E-state index < -0.39 is 0 Å². The van der Waals surface area contributed by atoms with Gasteiger partial charge >= 0.3 is 0 Å². The monoisotopic (exact) mass is 327 g/mol. The normalized spacial score (nSPS) is 11.3. The molecule has 0 aliphatic carbocycles. The summed E-state index contributed by atoms with van der Waals surface area (Å²) in [5.41, 5.74) is 1.19. The Morgan fingerprint density at radius 1 is 1.09 bits per heavy atom. The maximum Gasteiger partial charge on any atom is 0.268 e. The first-order valence-corrected chi connectivity index (χ1v) is 8.71. The maximum atomic E-state index is 12.4. The zero-order valence-electron chi connectivity index (χ0n) is 13.5. The van der Waals surface area contributed by atoms with Crippen LogP contribution in [0.3, 0.4) is 0 Å². The topological polar surface area (TPSA) is 31.2 Å². The summed E-state index contributed by atoms with van der Waals surface area (Å²) in [6, 6.07) is 15.8. The Kier molecular flexibility index (Phi) is 4.82. The molecule has 3 nitrogen and oxygen atoms in total. The molecule has 0 N–H and O–H groups in total. The Morgan fingerprint density at radius 3 is 2.52 bits per heavy atom. The van der Waals surface area contributed by atoms with E-state index in [0.29, 0.717) is 12.5 Å². The Balaban J connectivity index is 1.70. The van der Waals surface area contributed by atoms with Crippen molar-refractivity contribution in [2.75, 3.05) is 6.61 Å². The highest BCUT2D eigenvalue weighted by Gasteiger charge is 2.07. The number of hydrogen-bond acceptors (Lipinski definition) is 3. The van der Waals surface area contributed by atoms with Crippen LogP contribution in [0.4, 0.5) is 0 Å². The Bertz CT molecular complexity index is 830. The van der Waals surface area contributed by atoms with E-state index in [9.17, 15) is 4.79 Å². The average molecular weight is 327 g/mol. The first-order valence-electron chi connectivity index (χ1n) is 7.94. The minimum atomic E-state index is 0.0860. The number of hydrogen-bond donors (Lipinski definition) is 0. The van der Waals surface area contributed by atoms with Gasteiger partial charge < -0.3 is 4.74 Å². The molecule has 1 aromatic heterocycles. The third kappa shape index (κ3) is 3.82. The van der Waals surface area contributed by atoms with Crippen LogP contribution in [0, 0.1) is 5.92 Å². The highest BCUT2D eigenvalue weighted by molar-refractivity contribution is 7.13. The summed E-state index contributed by atoms with van der Waals surface area (Å²) in [5, 5.41) is 0.797. The van der Waals surface area contributed by atoms with Gasteiger partial charge in [-0.05, 0) is 42.2 Å². The van der Waals surface area contributed by atoms with Crippen LogP contribution >= 0.6 is 11.5 Å². The molecule has 4 heteroatoms. The fourth-order valence-corrected chi connectivity index (χ4v) is 3.42. The molecule has 0 saturated heterocycles. The molecule has 2 aromatic carbocycles. The molecular formula is C19H21NO2S. The lowest BCUT2D eigenvalue weighted by Gasteiger charge is -2.08. The molecule has 0 amide bonds. The second-order valence-electron chi connectivity index (χ2n) is 6.10. The van der Waals surface area contributed by atoms with Crippen molar-refractivity contribution in [1.82, 2.24) is 3.96 Å². The zero-order valence-corrected chi connectivity index (χ0v) is 14.3. The maximum absolute atomic E-state index is 12.4. The minimum Gasteiger partial charge on any atom is -0.494 e. The lowest BCUT2D eigenvalue weighted by Crippen LogP contribution is -2.13. The quantitative estimate of drug-likeness (QED) is 0.666. The van der Waals surface area contributed by atoms with Gasteiger partial charge in [0.05, 0.1) is 23.2 Å². The third-order valence-electron chi connectivity index (χ3n) is 3.77. The first-order chi connectivity index (χ1) is 11.1. The van der Waals surface area contributed by atoms with Crippen LogP contribution in [0.2, 0.25) is 0 Å².